The van der Waals surface area contributed by atoms with Gasteiger partial charge in [0.05, 0.1) is 12.9 Å². The Kier molecular flexibility index (Phi) is 8.38. The summed E-state index contributed by atoms with van der Waals surface area (Å²) in [4.78, 5) is 28.0. The molecule has 8 heteroatoms. The first-order valence-corrected chi connectivity index (χ1v) is 8.12. The molecule has 8 nitrogen and oxygen atoms in total. The average Bonchev–Trinajstić information content (AvgIpc) is 2.88. The summed E-state index contributed by atoms with van der Waals surface area (Å²) in [6, 6.07) is 2.25. The van der Waals surface area contributed by atoms with Gasteiger partial charge >= 0.3 is 11.9 Å². The zero-order valence-electron chi connectivity index (χ0n) is 14.5. The fraction of sp³-hybridized carbons (Fsp3) is 0.529. The number of nitrogens with zero attached hydrogens (tertiary/aromatic N) is 1. The van der Waals surface area contributed by atoms with E-state index in [-0.39, 0.29) is 6.42 Å². The van der Waals surface area contributed by atoms with Crippen molar-refractivity contribution >= 4 is 11.9 Å². The SMILES string of the molecule is COC(C)=CCCCCCCC(C(=O)O)C(=O)On1c(O)ccc1O. The number of carbonyl (C=O) groups excluding carboxylic acids is 1. The summed E-state index contributed by atoms with van der Waals surface area (Å²) in [6.45, 7) is 1.88. The number of ether oxygens (including phenoxy) is 1. The molecule has 1 aromatic rings. The normalized spacial score (nSPS) is 12.6. The van der Waals surface area contributed by atoms with Gasteiger partial charge in [0.2, 0.25) is 11.8 Å². The van der Waals surface area contributed by atoms with E-state index in [0.29, 0.717) is 11.2 Å². The van der Waals surface area contributed by atoms with Crippen LogP contribution in [0, 0.1) is 5.92 Å². The van der Waals surface area contributed by atoms with Crippen LogP contribution in [0.5, 0.6) is 11.8 Å². The van der Waals surface area contributed by atoms with Crippen molar-refractivity contribution in [3.8, 4) is 11.8 Å². The number of unbranched alkanes of at least 4 members (excludes halogenated alkanes) is 4. The lowest BCUT2D eigenvalue weighted by atomic mass is 10.0. The smallest absolute Gasteiger partial charge is 0.347 e. The number of rotatable bonds is 11. The monoisotopic (exact) mass is 355 g/mol. The minimum atomic E-state index is -1.35. The molecule has 1 aromatic heterocycles. The van der Waals surface area contributed by atoms with Gasteiger partial charge in [-0.1, -0.05) is 19.3 Å². The number of aromatic nitrogens is 1. The highest BCUT2D eigenvalue weighted by Crippen LogP contribution is 2.20. The van der Waals surface area contributed by atoms with Gasteiger partial charge in [0, 0.05) is 12.1 Å². The lowest BCUT2D eigenvalue weighted by Crippen LogP contribution is -2.32. The second-order valence-corrected chi connectivity index (χ2v) is 5.66. The quantitative estimate of drug-likeness (QED) is 0.317. The van der Waals surface area contributed by atoms with Crippen molar-refractivity contribution in [1.82, 2.24) is 4.73 Å². The molecule has 0 saturated heterocycles. The van der Waals surface area contributed by atoms with Crippen LogP contribution in [0.15, 0.2) is 24.0 Å². The van der Waals surface area contributed by atoms with Crippen LogP contribution in [-0.4, -0.2) is 39.1 Å². The Labute approximate surface area is 146 Å². The second kappa shape index (κ2) is 10.3. The lowest BCUT2D eigenvalue weighted by Gasteiger charge is -2.12. The highest BCUT2D eigenvalue weighted by atomic mass is 16.7. The van der Waals surface area contributed by atoms with E-state index in [4.69, 9.17) is 9.57 Å². The molecular weight excluding hydrogens is 330 g/mol. The number of hydrogen-bond donors (Lipinski definition) is 3. The van der Waals surface area contributed by atoms with Crippen molar-refractivity contribution in [3.63, 3.8) is 0 Å². The van der Waals surface area contributed by atoms with Crippen LogP contribution in [0.25, 0.3) is 0 Å². The van der Waals surface area contributed by atoms with Crippen molar-refractivity contribution < 1.29 is 34.5 Å². The summed E-state index contributed by atoms with van der Waals surface area (Å²) in [5, 5.41) is 28.0. The van der Waals surface area contributed by atoms with Gasteiger partial charge in [0.25, 0.3) is 0 Å². The summed E-state index contributed by atoms with van der Waals surface area (Å²) >= 11 is 0. The first-order chi connectivity index (χ1) is 11.9. The molecule has 1 unspecified atom stereocenters. The van der Waals surface area contributed by atoms with Gasteiger partial charge in [-0.15, -0.1) is 4.73 Å². The van der Waals surface area contributed by atoms with Crippen LogP contribution in [-0.2, 0) is 14.3 Å². The standard InChI is InChI=1S/C17H25NO7/c1-12(24-2)8-6-4-3-5-7-9-13(16(21)22)17(23)25-18-14(19)10-11-15(18)20/h8,10-11,13,19-20H,3-7,9H2,1-2H3,(H,21,22). The molecule has 1 atom stereocenters. The first-order valence-electron chi connectivity index (χ1n) is 8.12. The Morgan fingerprint density at radius 2 is 1.76 bits per heavy atom. The topological polar surface area (TPSA) is 118 Å². The minimum Gasteiger partial charge on any atom is -0.502 e. The fourth-order valence-corrected chi connectivity index (χ4v) is 2.23. The maximum atomic E-state index is 12.0. The molecule has 0 aliphatic rings. The van der Waals surface area contributed by atoms with Gasteiger partial charge in [-0.05, 0) is 32.3 Å². The van der Waals surface area contributed by atoms with E-state index in [2.05, 4.69) is 0 Å². The molecule has 140 valence electrons. The number of aromatic hydroxyl groups is 2. The van der Waals surface area contributed by atoms with E-state index in [1.807, 2.05) is 13.0 Å². The van der Waals surface area contributed by atoms with Crippen molar-refractivity contribution in [2.75, 3.05) is 7.11 Å². The number of aliphatic carboxylic acids is 1. The van der Waals surface area contributed by atoms with Gasteiger partial charge in [-0.3, -0.25) is 4.79 Å². The number of methoxy groups -OCH3 is 1. The van der Waals surface area contributed by atoms with Gasteiger partial charge < -0.3 is 24.9 Å². The number of carboxylic acids is 1. The van der Waals surface area contributed by atoms with Crippen LogP contribution in [0.3, 0.4) is 0 Å². The van der Waals surface area contributed by atoms with Crippen molar-refractivity contribution in [1.29, 1.82) is 0 Å². The molecule has 1 rings (SSSR count). The zero-order chi connectivity index (χ0) is 18.8. The predicted molar refractivity (Wildman–Crippen MR) is 88.9 cm³/mol. The van der Waals surface area contributed by atoms with E-state index in [1.54, 1.807) is 7.11 Å². The van der Waals surface area contributed by atoms with Gasteiger partial charge in [-0.25, -0.2) is 4.79 Å². The Morgan fingerprint density at radius 3 is 2.32 bits per heavy atom. The highest BCUT2D eigenvalue weighted by molar-refractivity contribution is 5.94. The lowest BCUT2D eigenvalue weighted by molar-refractivity contribution is -0.160. The summed E-state index contributed by atoms with van der Waals surface area (Å²) in [5.74, 6) is -3.80. The summed E-state index contributed by atoms with van der Waals surface area (Å²) in [5.41, 5.74) is 0. The summed E-state index contributed by atoms with van der Waals surface area (Å²) in [7, 11) is 1.62. The van der Waals surface area contributed by atoms with E-state index in [1.165, 1.54) is 0 Å². The maximum absolute atomic E-state index is 12.0. The molecule has 0 spiro atoms. The van der Waals surface area contributed by atoms with Crippen LogP contribution in [0.1, 0.15) is 45.4 Å². The Bertz CT molecular complexity index is 587. The third-order valence-electron chi connectivity index (χ3n) is 3.76. The van der Waals surface area contributed by atoms with Crippen molar-refractivity contribution in [2.24, 2.45) is 5.92 Å². The second-order valence-electron chi connectivity index (χ2n) is 5.66. The molecule has 0 aliphatic heterocycles. The molecule has 0 aromatic carbocycles. The molecule has 0 aliphatic carbocycles. The van der Waals surface area contributed by atoms with E-state index < -0.39 is 29.6 Å². The molecule has 0 saturated carbocycles. The van der Waals surface area contributed by atoms with Crippen molar-refractivity contribution in [2.45, 2.75) is 45.4 Å². The number of carboxylic acid groups (broad SMARTS) is 1. The van der Waals surface area contributed by atoms with Gasteiger partial charge in [-0.2, -0.15) is 0 Å². The van der Waals surface area contributed by atoms with Crippen molar-refractivity contribution in [3.05, 3.63) is 24.0 Å². The number of carbonyl (C=O) groups is 2. The number of allylic oxidation sites excluding steroid dienone is 2. The first kappa shape index (κ1) is 20.4. The number of hydrogen-bond acceptors (Lipinski definition) is 6. The third-order valence-corrected chi connectivity index (χ3v) is 3.76. The molecule has 0 amide bonds. The molecule has 25 heavy (non-hydrogen) atoms. The van der Waals surface area contributed by atoms with Gasteiger partial charge in [0.1, 0.15) is 0 Å². The van der Waals surface area contributed by atoms with E-state index >= 15 is 0 Å². The van der Waals surface area contributed by atoms with Crippen LogP contribution in [0.2, 0.25) is 0 Å². The van der Waals surface area contributed by atoms with Crippen LogP contribution in [0.4, 0.5) is 0 Å². The molecule has 1 heterocycles. The Balaban J connectivity index is 2.39. The molecular formula is C17H25NO7. The molecule has 3 N–H and O–H groups in total. The average molecular weight is 355 g/mol. The molecule has 0 radical (unpaired) electrons. The Morgan fingerprint density at radius 1 is 1.16 bits per heavy atom. The molecule has 0 bridgehead atoms. The molecule has 0 fully saturated rings. The maximum Gasteiger partial charge on any atom is 0.347 e. The Hall–Kier alpha value is -2.64. The fourth-order valence-electron chi connectivity index (χ4n) is 2.23. The van der Waals surface area contributed by atoms with Crippen LogP contribution < -0.4 is 4.84 Å². The third kappa shape index (κ3) is 6.78. The largest absolute Gasteiger partial charge is 0.502 e. The van der Waals surface area contributed by atoms with Crippen LogP contribution >= 0.6 is 0 Å². The van der Waals surface area contributed by atoms with Gasteiger partial charge in [0.15, 0.2) is 5.92 Å². The zero-order valence-corrected chi connectivity index (χ0v) is 14.5. The minimum absolute atomic E-state index is 0.129. The summed E-state index contributed by atoms with van der Waals surface area (Å²) in [6.07, 6.45) is 6.22. The van der Waals surface area contributed by atoms with E-state index in [0.717, 1.165) is 43.6 Å². The van der Waals surface area contributed by atoms with E-state index in [9.17, 15) is 24.9 Å². The summed E-state index contributed by atoms with van der Waals surface area (Å²) < 4.78 is 5.52. The highest BCUT2D eigenvalue weighted by Gasteiger charge is 2.29. The predicted octanol–water partition coefficient (Wildman–Crippen LogP) is 2.45.